The molecule has 0 unspecified atom stereocenters. The summed E-state index contributed by atoms with van der Waals surface area (Å²) >= 11 is 0. The first-order valence-corrected chi connectivity index (χ1v) is 16.7. The first-order chi connectivity index (χ1) is 24.3. The van der Waals surface area contributed by atoms with Crippen molar-refractivity contribution in [3.05, 3.63) is 176 Å². The van der Waals surface area contributed by atoms with Gasteiger partial charge in [-0.25, -0.2) is 4.98 Å². The molecular formula is C46H29N3. The number of para-hydroxylation sites is 1. The fourth-order valence-corrected chi connectivity index (χ4v) is 7.61. The van der Waals surface area contributed by atoms with Crippen LogP contribution in [-0.4, -0.2) is 14.5 Å². The van der Waals surface area contributed by atoms with Crippen LogP contribution in [0.4, 0.5) is 0 Å². The first-order valence-electron chi connectivity index (χ1n) is 16.7. The highest BCUT2D eigenvalue weighted by Crippen LogP contribution is 2.44. The monoisotopic (exact) mass is 623 g/mol. The maximum Gasteiger partial charge on any atom is 0.0893 e. The summed E-state index contributed by atoms with van der Waals surface area (Å²) in [4.78, 5) is 9.56. The van der Waals surface area contributed by atoms with Gasteiger partial charge < -0.3 is 4.57 Å². The zero-order valence-electron chi connectivity index (χ0n) is 26.6. The molecule has 0 N–H and O–H groups in total. The van der Waals surface area contributed by atoms with E-state index in [1.54, 1.807) is 0 Å². The van der Waals surface area contributed by atoms with Crippen molar-refractivity contribution in [2.45, 2.75) is 0 Å². The Morgan fingerprint density at radius 2 is 0.980 bits per heavy atom. The van der Waals surface area contributed by atoms with Crippen molar-refractivity contribution in [2.24, 2.45) is 0 Å². The summed E-state index contributed by atoms with van der Waals surface area (Å²) < 4.78 is 2.46. The number of nitrogens with zero attached hydrogens (tertiary/aromatic N) is 3. The minimum atomic E-state index is 0.869. The Hall–Kier alpha value is -6.58. The molecule has 0 aliphatic heterocycles. The number of hydrogen-bond acceptors (Lipinski definition) is 2. The quantitative estimate of drug-likeness (QED) is 0.183. The molecule has 49 heavy (non-hydrogen) atoms. The molecule has 0 bridgehead atoms. The van der Waals surface area contributed by atoms with Crippen molar-refractivity contribution >= 4 is 54.1 Å². The fourth-order valence-electron chi connectivity index (χ4n) is 7.61. The Bertz CT molecular complexity index is 2830. The van der Waals surface area contributed by atoms with Crippen LogP contribution in [0.25, 0.3) is 93.6 Å². The number of hydrogen-bond donors (Lipinski definition) is 0. The number of fused-ring (bicyclic) bond motifs is 10. The summed E-state index contributed by atoms with van der Waals surface area (Å²) in [6.07, 6.45) is 1.81. The average molecular weight is 624 g/mol. The maximum atomic E-state index is 5.03. The molecule has 10 rings (SSSR count). The van der Waals surface area contributed by atoms with E-state index in [1.165, 1.54) is 65.3 Å². The lowest BCUT2D eigenvalue weighted by Gasteiger charge is -2.15. The van der Waals surface area contributed by atoms with Crippen LogP contribution >= 0.6 is 0 Å². The molecule has 3 heterocycles. The summed E-state index contributed by atoms with van der Waals surface area (Å²) in [6.45, 7) is 0. The van der Waals surface area contributed by atoms with E-state index in [9.17, 15) is 0 Å². The molecule has 228 valence electrons. The van der Waals surface area contributed by atoms with Gasteiger partial charge >= 0.3 is 0 Å². The average Bonchev–Trinajstić information content (AvgIpc) is 3.53. The number of aromatic nitrogens is 3. The minimum absolute atomic E-state index is 0.869. The van der Waals surface area contributed by atoms with E-state index >= 15 is 0 Å². The Balaban J connectivity index is 1.24. The molecule has 3 heteroatoms. The highest BCUT2D eigenvalue weighted by molar-refractivity contribution is 6.33. The van der Waals surface area contributed by atoms with E-state index < -0.39 is 0 Å². The van der Waals surface area contributed by atoms with Crippen LogP contribution in [0.2, 0.25) is 0 Å². The molecule has 0 atom stereocenters. The predicted octanol–water partition coefficient (Wildman–Crippen LogP) is 12.0. The second kappa shape index (κ2) is 11.0. The van der Waals surface area contributed by atoms with Crippen LogP contribution in [0, 0.1) is 0 Å². The third-order valence-corrected chi connectivity index (χ3v) is 9.84. The summed E-state index contributed by atoms with van der Waals surface area (Å²) in [7, 11) is 0. The van der Waals surface area contributed by atoms with Crippen LogP contribution in [0.3, 0.4) is 0 Å². The molecular weight excluding hydrogens is 595 g/mol. The van der Waals surface area contributed by atoms with Gasteiger partial charge in [0.2, 0.25) is 0 Å². The van der Waals surface area contributed by atoms with Crippen LogP contribution in [0.15, 0.2) is 176 Å². The first kappa shape index (κ1) is 27.5. The lowest BCUT2D eigenvalue weighted by atomic mass is 9.91. The van der Waals surface area contributed by atoms with E-state index in [4.69, 9.17) is 4.98 Å². The normalized spacial score (nSPS) is 11.7. The van der Waals surface area contributed by atoms with Gasteiger partial charge in [-0.05, 0) is 86.6 Å². The lowest BCUT2D eigenvalue weighted by molar-refractivity contribution is 1.19. The van der Waals surface area contributed by atoms with Crippen molar-refractivity contribution in [3.8, 4) is 39.5 Å². The number of pyridine rings is 2. The minimum Gasteiger partial charge on any atom is -0.309 e. The van der Waals surface area contributed by atoms with Crippen molar-refractivity contribution in [3.63, 3.8) is 0 Å². The van der Waals surface area contributed by atoms with E-state index in [0.717, 1.165) is 28.3 Å². The van der Waals surface area contributed by atoms with Gasteiger partial charge in [-0.2, -0.15) is 0 Å². The van der Waals surface area contributed by atoms with Crippen molar-refractivity contribution in [1.82, 2.24) is 14.5 Å². The summed E-state index contributed by atoms with van der Waals surface area (Å²) in [5.74, 6) is 0. The van der Waals surface area contributed by atoms with Crippen LogP contribution < -0.4 is 0 Å². The summed E-state index contributed by atoms with van der Waals surface area (Å²) in [5, 5.41) is 9.96. The molecule has 0 aliphatic rings. The Labute approximate surface area is 283 Å². The maximum absolute atomic E-state index is 5.03. The SMILES string of the molecule is c1ccc(-c2ccc(-n3c4ccccc4c4ccc5c6ccc(-c7cccc(-c8ccccn8)n7)cc6c6ccccc6c5c43)cc2)cc1. The zero-order chi connectivity index (χ0) is 32.3. The number of benzene rings is 7. The molecule has 0 saturated carbocycles. The van der Waals surface area contributed by atoms with Gasteiger partial charge in [0.25, 0.3) is 0 Å². The molecule has 3 nitrogen and oxygen atoms in total. The van der Waals surface area contributed by atoms with Gasteiger partial charge in [0.05, 0.1) is 28.1 Å². The van der Waals surface area contributed by atoms with Gasteiger partial charge in [0.1, 0.15) is 0 Å². The van der Waals surface area contributed by atoms with Crippen LogP contribution in [0.1, 0.15) is 0 Å². The Morgan fingerprint density at radius 1 is 0.367 bits per heavy atom. The van der Waals surface area contributed by atoms with Gasteiger partial charge in [-0.1, -0.05) is 121 Å². The standard InChI is InChI=1S/C46H29N3/c1-2-11-30(12-3-1)31-20-23-33(24-21-31)49-44-19-7-6-14-36(44)39-27-26-38-35-25-22-32(41-17-10-18-43(48-41)42-16-8-9-28-47-42)29-40(35)34-13-4-5-15-37(34)45(38)46(39)49/h1-29H. The molecule has 0 saturated heterocycles. The molecule has 0 fully saturated rings. The third-order valence-electron chi connectivity index (χ3n) is 9.84. The topological polar surface area (TPSA) is 30.7 Å². The molecule has 10 aromatic rings. The van der Waals surface area contributed by atoms with Crippen LogP contribution in [0.5, 0.6) is 0 Å². The predicted molar refractivity (Wildman–Crippen MR) is 205 cm³/mol. The molecule has 0 radical (unpaired) electrons. The summed E-state index contributed by atoms with van der Waals surface area (Å²) in [5.41, 5.74) is 9.78. The van der Waals surface area contributed by atoms with Crippen molar-refractivity contribution < 1.29 is 0 Å². The molecule has 0 amide bonds. The molecule has 0 spiro atoms. The third kappa shape index (κ3) is 4.37. The second-order valence-corrected chi connectivity index (χ2v) is 12.6. The van der Waals surface area contributed by atoms with Gasteiger partial charge in [-0.15, -0.1) is 0 Å². The largest absolute Gasteiger partial charge is 0.309 e. The van der Waals surface area contributed by atoms with E-state index in [1.807, 2.05) is 30.5 Å². The van der Waals surface area contributed by atoms with E-state index in [2.05, 4.69) is 155 Å². The van der Waals surface area contributed by atoms with E-state index in [0.29, 0.717) is 0 Å². The smallest absolute Gasteiger partial charge is 0.0893 e. The second-order valence-electron chi connectivity index (χ2n) is 12.6. The van der Waals surface area contributed by atoms with Crippen molar-refractivity contribution in [1.29, 1.82) is 0 Å². The molecule has 0 aliphatic carbocycles. The lowest BCUT2D eigenvalue weighted by Crippen LogP contribution is -1.95. The molecule has 3 aromatic heterocycles. The van der Waals surface area contributed by atoms with E-state index in [-0.39, 0.29) is 0 Å². The number of rotatable bonds is 4. The summed E-state index contributed by atoms with van der Waals surface area (Å²) in [6, 6.07) is 60.8. The Kier molecular flexibility index (Phi) is 6.18. The zero-order valence-corrected chi connectivity index (χ0v) is 26.6. The molecule has 7 aromatic carbocycles. The van der Waals surface area contributed by atoms with Crippen molar-refractivity contribution in [2.75, 3.05) is 0 Å². The highest BCUT2D eigenvalue weighted by atomic mass is 15.0. The van der Waals surface area contributed by atoms with Gasteiger partial charge in [-0.3, -0.25) is 4.98 Å². The Morgan fingerprint density at radius 3 is 1.82 bits per heavy atom. The van der Waals surface area contributed by atoms with Gasteiger partial charge in [0.15, 0.2) is 0 Å². The fraction of sp³-hybridized carbons (Fsp3) is 0. The van der Waals surface area contributed by atoms with Gasteiger partial charge in [0, 0.05) is 33.6 Å². The highest BCUT2D eigenvalue weighted by Gasteiger charge is 2.19. The van der Waals surface area contributed by atoms with Crippen LogP contribution in [-0.2, 0) is 0 Å².